The Morgan fingerprint density at radius 3 is 2.24 bits per heavy atom. The van der Waals surface area contributed by atoms with Crippen molar-refractivity contribution in [2.24, 2.45) is 0 Å². The molecule has 2 rings (SSSR count). The van der Waals surface area contributed by atoms with Crippen molar-refractivity contribution < 1.29 is 4.74 Å². The summed E-state index contributed by atoms with van der Waals surface area (Å²) in [5.74, 6) is 1.56. The number of benzene rings is 2. The van der Waals surface area contributed by atoms with Gasteiger partial charge in [0.1, 0.15) is 11.5 Å². The Labute approximate surface area is 101 Å². The van der Waals surface area contributed by atoms with Crippen molar-refractivity contribution in [1.29, 1.82) is 0 Å². The molecule has 0 atom stereocenters. The molecule has 0 fully saturated rings. The predicted molar refractivity (Wildman–Crippen MR) is 71.2 cm³/mol. The van der Waals surface area contributed by atoms with Crippen LogP contribution in [0.3, 0.4) is 0 Å². The van der Waals surface area contributed by atoms with Crippen molar-refractivity contribution in [2.45, 2.75) is 13.3 Å². The molecule has 88 valence electrons. The van der Waals surface area contributed by atoms with Crippen LogP contribution in [0.1, 0.15) is 12.5 Å². The van der Waals surface area contributed by atoms with E-state index in [4.69, 9.17) is 16.2 Å². The maximum absolute atomic E-state index is 5.84. The highest BCUT2D eigenvalue weighted by molar-refractivity contribution is 5.51. The number of nitrogen functional groups attached to an aromatic ring is 2. The number of rotatable bonds is 3. The number of anilines is 2. The lowest BCUT2D eigenvalue weighted by Crippen LogP contribution is -1.94. The van der Waals surface area contributed by atoms with Gasteiger partial charge in [0.2, 0.25) is 0 Å². The first kappa shape index (κ1) is 11.3. The smallest absolute Gasteiger partial charge is 0.127 e. The molecule has 0 aromatic heterocycles. The van der Waals surface area contributed by atoms with E-state index in [-0.39, 0.29) is 0 Å². The maximum atomic E-state index is 5.84. The summed E-state index contributed by atoms with van der Waals surface area (Å²) < 4.78 is 5.72. The lowest BCUT2D eigenvalue weighted by molar-refractivity contribution is 0.482. The van der Waals surface area contributed by atoms with E-state index in [1.54, 1.807) is 0 Å². The van der Waals surface area contributed by atoms with Crippen molar-refractivity contribution in [3.05, 3.63) is 48.0 Å². The monoisotopic (exact) mass is 228 g/mol. The third-order valence-corrected chi connectivity index (χ3v) is 2.61. The molecule has 2 aromatic rings. The zero-order valence-electron chi connectivity index (χ0n) is 9.81. The summed E-state index contributed by atoms with van der Waals surface area (Å²) in [5.41, 5.74) is 14.1. The van der Waals surface area contributed by atoms with Crippen LogP contribution in [0.2, 0.25) is 0 Å². The van der Waals surface area contributed by atoms with Gasteiger partial charge >= 0.3 is 0 Å². The molecule has 0 aliphatic heterocycles. The van der Waals surface area contributed by atoms with Crippen LogP contribution in [-0.4, -0.2) is 0 Å². The summed E-state index contributed by atoms with van der Waals surface area (Å²) in [6.07, 6.45) is 0.894. The molecule has 0 saturated heterocycles. The minimum absolute atomic E-state index is 0.726. The van der Waals surface area contributed by atoms with Crippen molar-refractivity contribution >= 4 is 11.4 Å². The fraction of sp³-hybridized carbons (Fsp3) is 0.143. The lowest BCUT2D eigenvalue weighted by atomic mass is 10.1. The third-order valence-electron chi connectivity index (χ3n) is 2.61. The van der Waals surface area contributed by atoms with Gasteiger partial charge in [-0.15, -0.1) is 0 Å². The van der Waals surface area contributed by atoms with Gasteiger partial charge in [0, 0.05) is 11.4 Å². The van der Waals surface area contributed by atoms with Crippen LogP contribution in [0, 0.1) is 0 Å². The highest BCUT2D eigenvalue weighted by Gasteiger charge is 2.01. The summed E-state index contributed by atoms with van der Waals surface area (Å²) >= 11 is 0. The highest BCUT2D eigenvalue weighted by Crippen LogP contribution is 2.25. The first-order valence-corrected chi connectivity index (χ1v) is 5.61. The molecule has 4 N–H and O–H groups in total. The molecule has 0 bridgehead atoms. The molecule has 0 unspecified atom stereocenters. The quantitative estimate of drug-likeness (QED) is 0.793. The molecule has 0 heterocycles. The van der Waals surface area contributed by atoms with Crippen molar-refractivity contribution in [2.75, 3.05) is 11.5 Å². The van der Waals surface area contributed by atoms with Crippen LogP contribution in [0.15, 0.2) is 42.5 Å². The maximum Gasteiger partial charge on any atom is 0.127 e. The van der Waals surface area contributed by atoms with Gasteiger partial charge < -0.3 is 16.2 Å². The summed E-state index contributed by atoms with van der Waals surface area (Å²) in [5, 5.41) is 0. The highest BCUT2D eigenvalue weighted by atomic mass is 16.5. The summed E-state index contributed by atoms with van der Waals surface area (Å²) in [6, 6.07) is 13.0. The first-order valence-electron chi connectivity index (χ1n) is 5.61. The molecule has 17 heavy (non-hydrogen) atoms. The standard InChI is InChI=1S/C14H16N2O/c1-2-10-9-13(7-8-14(10)16)17-12-5-3-11(15)4-6-12/h3-9H,2,15-16H2,1H3. The van der Waals surface area contributed by atoms with Gasteiger partial charge in [0.05, 0.1) is 0 Å². The fourth-order valence-electron chi connectivity index (χ4n) is 1.62. The van der Waals surface area contributed by atoms with E-state index in [1.165, 1.54) is 0 Å². The van der Waals surface area contributed by atoms with Crippen LogP contribution >= 0.6 is 0 Å². The van der Waals surface area contributed by atoms with E-state index in [1.807, 2.05) is 42.5 Å². The number of aryl methyl sites for hydroxylation is 1. The molecule has 0 spiro atoms. The topological polar surface area (TPSA) is 61.3 Å². The summed E-state index contributed by atoms with van der Waals surface area (Å²) in [4.78, 5) is 0. The number of hydrogen-bond acceptors (Lipinski definition) is 3. The molecule has 3 heteroatoms. The zero-order chi connectivity index (χ0) is 12.3. The molecule has 0 radical (unpaired) electrons. The second-order valence-corrected chi connectivity index (χ2v) is 3.89. The minimum atomic E-state index is 0.726. The van der Waals surface area contributed by atoms with Gasteiger partial charge in [0.25, 0.3) is 0 Å². The summed E-state index contributed by atoms with van der Waals surface area (Å²) in [7, 11) is 0. The zero-order valence-corrected chi connectivity index (χ0v) is 9.81. The van der Waals surface area contributed by atoms with Gasteiger partial charge in [-0.2, -0.15) is 0 Å². The Morgan fingerprint density at radius 2 is 1.59 bits per heavy atom. The fourth-order valence-corrected chi connectivity index (χ4v) is 1.62. The van der Waals surface area contributed by atoms with Gasteiger partial charge in [-0.1, -0.05) is 6.92 Å². The molecule has 0 saturated carbocycles. The molecule has 3 nitrogen and oxygen atoms in total. The van der Waals surface area contributed by atoms with E-state index < -0.39 is 0 Å². The van der Waals surface area contributed by atoms with Crippen molar-refractivity contribution in [1.82, 2.24) is 0 Å². The molecular weight excluding hydrogens is 212 g/mol. The Kier molecular flexibility index (Phi) is 3.19. The Morgan fingerprint density at radius 1 is 0.941 bits per heavy atom. The molecule has 0 aliphatic carbocycles. The van der Waals surface area contributed by atoms with Crippen LogP contribution in [0.4, 0.5) is 11.4 Å². The lowest BCUT2D eigenvalue weighted by Gasteiger charge is -2.09. The third kappa shape index (κ3) is 2.69. The van der Waals surface area contributed by atoms with Gasteiger partial charge in [-0.3, -0.25) is 0 Å². The largest absolute Gasteiger partial charge is 0.457 e. The molecular formula is C14H16N2O. The second kappa shape index (κ2) is 4.78. The van der Waals surface area contributed by atoms with Crippen molar-refractivity contribution in [3.63, 3.8) is 0 Å². The second-order valence-electron chi connectivity index (χ2n) is 3.89. The number of hydrogen-bond donors (Lipinski definition) is 2. The predicted octanol–water partition coefficient (Wildman–Crippen LogP) is 3.21. The Bertz CT molecular complexity index is 506. The van der Waals surface area contributed by atoms with E-state index in [0.29, 0.717) is 0 Å². The molecule has 0 amide bonds. The van der Waals surface area contributed by atoms with E-state index in [2.05, 4.69) is 6.92 Å². The summed E-state index contributed by atoms with van der Waals surface area (Å²) in [6.45, 7) is 2.07. The van der Waals surface area contributed by atoms with Crippen LogP contribution in [-0.2, 0) is 6.42 Å². The van der Waals surface area contributed by atoms with E-state index >= 15 is 0 Å². The van der Waals surface area contributed by atoms with Crippen LogP contribution < -0.4 is 16.2 Å². The van der Waals surface area contributed by atoms with Crippen molar-refractivity contribution in [3.8, 4) is 11.5 Å². The minimum Gasteiger partial charge on any atom is -0.457 e. The molecule has 0 aliphatic rings. The average Bonchev–Trinajstić information content (AvgIpc) is 2.34. The first-order chi connectivity index (χ1) is 8.19. The number of nitrogens with two attached hydrogens (primary N) is 2. The Hall–Kier alpha value is -2.16. The van der Waals surface area contributed by atoms with E-state index in [9.17, 15) is 0 Å². The van der Waals surface area contributed by atoms with E-state index in [0.717, 1.165) is 34.9 Å². The van der Waals surface area contributed by atoms with Crippen LogP contribution in [0.25, 0.3) is 0 Å². The van der Waals surface area contributed by atoms with Crippen LogP contribution in [0.5, 0.6) is 11.5 Å². The normalized spacial score (nSPS) is 10.2. The number of ether oxygens (including phenoxy) is 1. The molecule has 2 aromatic carbocycles. The van der Waals surface area contributed by atoms with Gasteiger partial charge in [-0.25, -0.2) is 0 Å². The average molecular weight is 228 g/mol. The SMILES string of the molecule is CCc1cc(Oc2ccc(N)cc2)ccc1N. The Balaban J connectivity index is 2.21. The van der Waals surface area contributed by atoms with Gasteiger partial charge in [-0.05, 0) is 54.4 Å². The van der Waals surface area contributed by atoms with Gasteiger partial charge in [0.15, 0.2) is 0 Å².